The summed E-state index contributed by atoms with van der Waals surface area (Å²) in [6, 6.07) is 0. The maximum atomic E-state index is 12.0. The molecular formula is C14H26N4O. The van der Waals surface area contributed by atoms with Crippen molar-refractivity contribution >= 4 is 11.6 Å². The molecule has 0 aromatic carbocycles. The van der Waals surface area contributed by atoms with Crippen LogP contribution in [0.25, 0.3) is 0 Å². The lowest BCUT2D eigenvalue weighted by atomic mass is 9.96. The zero-order valence-corrected chi connectivity index (χ0v) is 12.5. The van der Waals surface area contributed by atoms with Gasteiger partial charge in [0.2, 0.25) is 5.91 Å². The fraction of sp³-hybridized carbons (Fsp3) is 0.714. The van der Waals surface area contributed by atoms with Crippen molar-refractivity contribution in [1.82, 2.24) is 9.78 Å². The van der Waals surface area contributed by atoms with Crippen LogP contribution in [0, 0.1) is 19.8 Å². The molecule has 0 bridgehead atoms. The molecule has 108 valence electrons. The van der Waals surface area contributed by atoms with Gasteiger partial charge in [-0.2, -0.15) is 5.10 Å². The predicted octanol–water partition coefficient (Wildman–Crippen LogP) is 2.13. The molecule has 5 heteroatoms. The average Bonchev–Trinajstić information content (AvgIpc) is 2.61. The van der Waals surface area contributed by atoms with Crippen molar-refractivity contribution in [2.24, 2.45) is 18.7 Å². The molecule has 1 amide bonds. The average molecular weight is 266 g/mol. The highest BCUT2D eigenvalue weighted by Crippen LogP contribution is 2.20. The van der Waals surface area contributed by atoms with E-state index in [4.69, 9.17) is 5.73 Å². The Morgan fingerprint density at radius 2 is 2.11 bits per heavy atom. The Hall–Kier alpha value is -1.36. The van der Waals surface area contributed by atoms with Crippen molar-refractivity contribution in [3.05, 3.63) is 11.4 Å². The predicted molar refractivity (Wildman–Crippen MR) is 78.0 cm³/mol. The van der Waals surface area contributed by atoms with E-state index in [-0.39, 0.29) is 5.91 Å². The van der Waals surface area contributed by atoms with Crippen molar-refractivity contribution in [2.75, 3.05) is 11.9 Å². The first-order valence-corrected chi connectivity index (χ1v) is 6.99. The standard InChI is InChI=1S/C14H26N4O/c1-5-12(8-9-15)6-7-13(19)16-14-10(2)17-18(4)11(14)3/h12H,5-9,15H2,1-4H3,(H,16,19). The Bertz CT molecular complexity index is 425. The van der Waals surface area contributed by atoms with Crippen molar-refractivity contribution in [3.8, 4) is 0 Å². The van der Waals surface area contributed by atoms with E-state index in [1.54, 1.807) is 4.68 Å². The Balaban J connectivity index is 2.51. The molecule has 0 aliphatic rings. The van der Waals surface area contributed by atoms with Crippen LogP contribution in [-0.4, -0.2) is 22.2 Å². The van der Waals surface area contributed by atoms with Crippen LogP contribution in [-0.2, 0) is 11.8 Å². The molecule has 1 heterocycles. The topological polar surface area (TPSA) is 72.9 Å². The number of hydrogen-bond acceptors (Lipinski definition) is 3. The Morgan fingerprint density at radius 3 is 2.58 bits per heavy atom. The van der Waals surface area contributed by atoms with Crippen LogP contribution >= 0.6 is 0 Å². The molecule has 0 saturated heterocycles. The number of nitrogens with one attached hydrogen (secondary N) is 1. The zero-order chi connectivity index (χ0) is 14.4. The van der Waals surface area contributed by atoms with Crippen LogP contribution in [0.5, 0.6) is 0 Å². The summed E-state index contributed by atoms with van der Waals surface area (Å²) in [6.07, 6.45) is 3.52. The maximum Gasteiger partial charge on any atom is 0.224 e. The summed E-state index contributed by atoms with van der Waals surface area (Å²) in [6.45, 7) is 6.71. The summed E-state index contributed by atoms with van der Waals surface area (Å²) in [5.74, 6) is 0.613. The molecule has 3 N–H and O–H groups in total. The molecule has 0 aliphatic carbocycles. The molecule has 1 aromatic heterocycles. The fourth-order valence-electron chi connectivity index (χ4n) is 2.28. The minimum Gasteiger partial charge on any atom is -0.330 e. The second-order valence-electron chi connectivity index (χ2n) is 5.11. The van der Waals surface area contributed by atoms with Crippen LogP contribution in [0.4, 0.5) is 5.69 Å². The highest BCUT2D eigenvalue weighted by molar-refractivity contribution is 5.91. The van der Waals surface area contributed by atoms with Gasteiger partial charge in [-0.15, -0.1) is 0 Å². The first-order chi connectivity index (χ1) is 8.99. The van der Waals surface area contributed by atoms with Gasteiger partial charge in [-0.3, -0.25) is 9.48 Å². The maximum absolute atomic E-state index is 12.0. The smallest absolute Gasteiger partial charge is 0.224 e. The number of nitrogens with zero attached hydrogens (tertiary/aromatic N) is 2. The minimum absolute atomic E-state index is 0.0645. The third-order valence-electron chi connectivity index (χ3n) is 3.71. The molecule has 0 radical (unpaired) electrons. The number of aryl methyl sites for hydroxylation is 2. The highest BCUT2D eigenvalue weighted by atomic mass is 16.1. The summed E-state index contributed by atoms with van der Waals surface area (Å²) < 4.78 is 1.79. The summed E-state index contributed by atoms with van der Waals surface area (Å²) in [7, 11) is 1.88. The van der Waals surface area contributed by atoms with Crippen LogP contribution in [0.3, 0.4) is 0 Å². The van der Waals surface area contributed by atoms with E-state index in [1.165, 1.54) is 0 Å². The normalized spacial score (nSPS) is 12.5. The van der Waals surface area contributed by atoms with E-state index >= 15 is 0 Å². The second-order valence-corrected chi connectivity index (χ2v) is 5.11. The third-order valence-corrected chi connectivity index (χ3v) is 3.71. The van der Waals surface area contributed by atoms with Gasteiger partial charge in [0.05, 0.1) is 17.1 Å². The van der Waals surface area contributed by atoms with Gasteiger partial charge in [-0.25, -0.2) is 0 Å². The number of amides is 1. The molecule has 1 atom stereocenters. The van der Waals surface area contributed by atoms with Gasteiger partial charge < -0.3 is 11.1 Å². The van der Waals surface area contributed by atoms with Crippen molar-refractivity contribution in [2.45, 2.75) is 46.5 Å². The number of rotatable bonds is 7. The number of anilines is 1. The first-order valence-electron chi connectivity index (χ1n) is 6.99. The van der Waals surface area contributed by atoms with Crippen molar-refractivity contribution in [1.29, 1.82) is 0 Å². The van der Waals surface area contributed by atoms with Crippen LogP contribution < -0.4 is 11.1 Å². The SMILES string of the molecule is CCC(CCN)CCC(=O)Nc1c(C)nn(C)c1C. The van der Waals surface area contributed by atoms with Gasteiger partial charge in [0, 0.05) is 13.5 Å². The summed E-state index contributed by atoms with van der Waals surface area (Å²) in [5.41, 5.74) is 8.26. The summed E-state index contributed by atoms with van der Waals surface area (Å²) >= 11 is 0. The first kappa shape index (κ1) is 15.7. The largest absolute Gasteiger partial charge is 0.330 e. The second kappa shape index (κ2) is 7.28. The number of hydrogen-bond donors (Lipinski definition) is 2. The van der Waals surface area contributed by atoms with Crippen molar-refractivity contribution < 1.29 is 4.79 Å². The van der Waals surface area contributed by atoms with Gasteiger partial charge in [0.15, 0.2) is 0 Å². The Labute approximate surface area is 115 Å². The van der Waals surface area contributed by atoms with Crippen LogP contribution in [0.15, 0.2) is 0 Å². The zero-order valence-electron chi connectivity index (χ0n) is 12.5. The lowest BCUT2D eigenvalue weighted by Gasteiger charge is -2.13. The summed E-state index contributed by atoms with van der Waals surface area (Å²) in [5, 5.41) is 7.26. The van der Waals surface area contributed by atoms with Gasteiger partial charge >= 0.3 is 0 Å². The van der Waals surface area contributed by atoms with E-state index < -0.39 is 0 Å². The Kier molecular flexibility index (Phi) is 6.02. The molecule has 0 aliphatic heterocycles. The molecule has 5 nitrogen and oxygen atoms in total. The quantitative estimate of drug-likeness (QED) is 0.794. The van der Waals surface area contributed by atoms with Crippen LogP contribution in [0.1, 0.15) is 44.0 Å². The molecule has 1 rings (SSSR count). The van der Waals surface area contributed by atoms with Gasteiger partial charge in [-0.1, -0.05) is 13.3 Å². The molecule has 1 aromatic rings. The van der Waals surface area contributed by atoms with E-state index in [1.807, 2.05) is 20.9 Å². The molecule has 0 saturated carbocycles. The lowest BCUT2D eigenvalue weighted by Crippen LogP contribution is -2.15. The molecule has 19 heavy (non-hydrogen) atoms. The van der Waals surface area contributed by atoms with E-state index in [0.717, 1.165) is 36.3 Å². The number of nitrogens with two attached hydrogens (primary N) is 1. The molecular weight excluding hydrogens is 240 g/mol. The molecule has 0 spiro atoms. The number of carbonyl (C=O) groups excluding carboxylic acids is 1. The summed E-state index contributed by atoms with van der Waals surface area (Å²) in [4.78, 5) is 12.0. The molecule has 1 unspecified atom stereocenters. The van der Waals surface area contributed by atoms with E-state index in [0.29, 0.717) is 18.9 Å². The van der Waals surface area contributed by atoms with Gasteiger partial charge in [0.1, 0.15) is 0 Å². The van der Waals surface area contributed by atoms with Gasteiger partial charge in [-0.05, 0) is 39.2 Å². The monoisotopic (exact) mass is 266 g/mol. The lowest BCUT2D eigenvalue weighted by molar-refractivity contribution is -0.116. The molecule has 0 fully saturated rings. The van der Waals surface area contributed by atoms with Crippen LogP contribution in [0.2, 0.25) is 0 Å². The van der Waals surface area contributed by atoms with Crippen molar-refractivity contribution in [3.63, 3.8) is 0 Å². The highest BCUT2D eigenvalue weighted by Gasteiger charge is 2.14. The van der Waals surface area contributed by atoms with E-state index in [2.05, 4.69) is 17.3 Å². The minimum atomic E-state index is 0.0645. The fourth-order valence-corrected chi connectivity index (χ4v) is 2.28. The number of carbonyl (C=O) groups is 1. The Morgan fingerprint density at radius 1 is 1.42 bits per heavy atom. The number of aromatic nitrogens is 2. The van der Waals surface area contributed by atoms with Gasteiger partial charge in [0.25, 0.3) is 0 Å². The van der Waals surface area contributed by atoms with E-state index in [9.17, 15) is 4.79 Å². The third kappa shape index (κ3) is 4.35.